The Labute approximate surface area is 190 Å². The SMILES string of the molecule is O=C(C1COc2ccccc2O1)N1CCN(c2ccc(-c3ccc4c(c3)OCO4)nn2)CC1. The quantitative estimate of drug-likeness (QED) is 0.606. The van der Waals surface area contributed by atoms with E-state index in [-0.39, 0.29) is 19.3 Å². The number of carbonyl (C=O) groups is 1. The van der Waals surface area contributed by atoms with Gasteiger partial charge >= 0.3 is 0 Å². The first-order valence-electron chi connectivity index (χ1n) is 10.9. The minimum atomic E-state index is -0.618. The minimum Gasteiger partial charge on any atom is -0.485 e. The lowest BCUT2D eigenvalue weighted by atomic mass is 10.1. The molecule has 6 rings (SSSR count). The zero-order valence-corrected chi connectivity index (χ0v) is 17.8. The van der Waals surface area contributed by atoms with Gasteiger partial charge in [0.15, 0.2) is 28.8 Å². The van der Waals surface area contributed by atoms with Crippen LogP contribution >= 0.6 is 0 Å². The maximum absolute atomic E-state index is 12.9. The second-order valence-corrected chi connectivity index (χ2v) is 8.02. The van der Waals surface area contributed by atoms with Crippen LogP contribution in [0.3, 0.4) is 0 Å². The summed E-state index contributed by atoms with van der Waals surface area (Å²) in [4.78, 5) is 16.9. The summed E-state index contributed by atoms with van der Waals surface area (Å²) in [7, 11) is 0. The van der Waals surface area contributed by atoms with Crippen molar-refractivity contribution in [1.82, 2.24) is 15.1 Å². The second kappa shape index (κ2) is 8.16. The van der Waals surface area contributed by atoms with Gasteiger partial charge in [0, 0.05) is 31.7 Å². The second-order valence-electron chi connectivity index (χ2n) is 8.02. The van der Waals surface area contributed by atoms with E-state index in [9.17, 15) is 4.79 Å². The Balaban J connectivity index is 1.07. The van der Waals surface area contributed by atoms with Crippen molar-refractivity contribution < 1.29 is 23.7 Å². The lowest BCUT2D eigenvalue weighted by Crippen LogP contribution is -2.54. The fourth-order valence-electron chi connectivity index (χ4n) is 4.20. The van der Waals surface area contributed by atoms with Crippen LogP contribution in [0, 0.1) is 0 Å². The van der Waals surface area contributed by atoms with Gasteiger partial charge in [0.1, 0.15) is 6.61 Å². The molecule has 1 atom stereocenters. The molecule has 0 bridgehead atoms. The number of carbonyl (C=O) groups excluding carboxylic acids is 1. The van der Waals surface area contributed by atoms with Crippen LogP contribution in [0.1, 0.15) is 0 Å². The van der Waals surface area contributed by atoms with Crippen molar-refractivity contribution in [3.63, 3.8) is 0 Å². The van der Waals surface area contributed by atoms with Crippen molar-refractivity contribution in [2.75, 3.05) is 44.5 Å². The molecule has 33 heavy (non-hydrogen) atoms. The molecule has 168 valence electrons. The van der Waals surface area contributed by atoms with Gasteiger partial charge in [-0.05, 0) is 42.5 Å². The zero-order chi connectivity index (χ0) is 22.2. The first kappa shape index (κ1) is 19.7. The van der Waals surface area contributed by atoms with Crippen LogP contribution < -0.4 is 23.8 Å². The van der Waals surface area contributed by atoms with Crippen LogP contribution in [-0.2, 0) is 4.79 Å². The third kappa shape index (κ3) is 3.75. The molecule has 0 aliphatic carbocycles. The van der Waals surface area contributed by atoms with E-state index in [0.29, 0.717) is 37.7 Å². The third-order valence-corrected chi connectivity index (χ3v) is 6.02. The fraction of sp³-hybridized carbons (Fsp3) is 0.292. The van der Waals surface area contributed by atoms with E-state index < -0.39 is 6.10 Å². The molecule has 0 radical (unpaired) electrons. The Morgan fingerprint density at radius 1 is 0.818 bits per heavy atom. The smallest absolute Gasteiger partial charge is 0.267 e. The standard InChI is InChI=1S/C24H22N4O5/c29-24(22-14-30-18-3-1-2-4-20(18)33-22)28-11-9-27(10-12-28)23-8-6-17(25-26-23)16-5-7-19-21(13-16)32-15-31-19/h1-8,13,22H,9-12,14-15H2. The summed E-state index contributed by atoms with van der Waals surface area (Å²) in [6.07, 6.45) is -0.618. The number of nitrogens with zero attached hydrogens (tertiary/aromatic N) is 4. The van der Waals surface area contributed by atoms with E-state index in [1.54, 1.807) is 0 Å². The van der Waals surface area contributed by atoms with Crippen molar-refractivity contribution >= 4 is 11.7 Å². The van der Waals surface area contributed by atoms with Crippen LogP contribution in [0.25, 0.3) is 11.3 Å². The third-order valence-electron chi connectivity index (χ3n) is 6.02. The summed E-state index contributed by atoms with van der Waals surface area (Å²) < 4.78 is 22.4. The van der Waals surface area contributed by atoms with Crippen molar-refractivity contribution in [2.45, 2.75) is 6.10 Å². The highest BCUT2D eigenvalue weighted by molar-refractivity contribution is 5.82. The normalized spacial score (nSPS) is 18.8. The topological polar surface area (TPSA) is 86.3 Å². The summed E-state index contributed by atoms with van der Waals surface area (Å²) in [5, 5.41) is 8.81. The lowest BCUT2D eigenvalue weighted by molar-refractivity contribution is -0.141. The number of aromatic nitrogens is 2. The molecule has 0 saturated carbocycles. The molecule has 3 aromatic rings. The molecular formula is C24H22N4O5. The molecule has 1 amide bonds. The average Bonchev–Trinajstić information content (AvgIpc) is 3.36. The number of piperazine rings is 1. The summed E-state index contributed by atoms with van der Waals surface area (Å²) in [5.74, 6) is 3.49. The Hall–Kier alpha value is -4.01. The van der Waals surface area contributed by atoms with Crippen LogP contribution in [-0.4, -0.2) is 66.7 Å². The summed E-state index contributed by atoms with van der Waals surface area (Å²) in [6.45, 7) is 2.99. The summed E-state index contributed by atoms with van der Waals surface area (Å²) in [6, 6.07) is 17.0. The number of amides is 1. The molecule has 1 aromatic heterocycles. The highest BCUT2D eigenvalue weighted by atomic mass is 16.7. The molecule has 9 nitrogen and oxygen atoms in total. The van der Waals surface area contributed by atoms with Gasteiger partial charge < -0.3 is 28.7 Å². The highest BCUT2D eigenvalue weighted by Gasteiger charge is 2.33. The van der Waals surface area contributed by atoms with E-state index in [1.165, 1.54) is 0 Å². The van der Waals surface area contributed by atoms with Crippen LogP contribution in [0.2, 0.25) is 0 Å². The van der Waals surface area contributed by atoms with Gasteiger partial charge in [0.25, 0.3) is 5.91 Å². The predicted molar refractivity (Wildman–Crippen MR) is 119 cm³/mol. The van der Waals surface area contributed by atoms with Crippen LogP contribution in [0.4, 0.5) is 5.82 Å². The Kier molecular flexibility index (Phi) is 4.86. The maximum Gasteiger partial charge on any atom is 0.267 e. The first-order valence-corrected chi connectivity index (χ1v) is 10.9. The lowest BCUT2D eigenvalue weighted by Gasteiger charge is -2.37. The van der Waals surface area contributed by atoms with Crippen LogP contribution in [0.15, 0.2) is 54.6 Å². The molecule has 1 saturated heterocycles. The largest absolute Gasteiger partial charge is 0.485 e. The van der Waals surface area contributed by atoms with Gasteiger partial charge in [-0.25, -0.2) is 0 Å². The fourth-order valence-corrected chi connectivity index (χ4v) is 4.20. The number of hydrogen-bond acceptors (Lipinski definition) is 8. The van der Waals surface area contributed by atoms with E-state index in [0.717, 1.165) is 28.6 Å². The monoisotopic (exact) mass is 446 g/mol. The maximum atomic E-state index is 12.9. The van der Waals surface area contributed by atoms with E-state index in [2.05, 4.69) is 15.1 Å². The van der Waals surface area contributed by atoms with Gasteiger partial charge in [0.05, 0.1) is 5.69 Å². The Morgan fingerprint density at radius 3 is 2.42 bits per heavy atom. The minimum absolute atomic E-state index is 0.0478. The molecular weight excluding hydrogens is 424 g/mol. The number of rotatable bonds is 3. The Morgan fingerprint density at radius 2 is 1.61 bits per heavy atom. The molecule has 0 spiro atoms. The average molecular weight is 446 g/mol. The molecule has 4 heterocycles. The molecule has 2 aromatic carbocycles. The highest BCUT2D eigenvalue weighted by Crippen LogP contribution is 2.35. The van der Waals surface area contributed by atoms with Crippen molar-refractivity contribution in [3.8, 4) is 34.3 Å². The first-order chi connectivity index (χ1) is 16.2. The number of hydrogen-bond donors (Lipinski definition) is 0. The van der Waals surface area contributed by atoms with E-state index in [4.69, 9.17) is 18.9 Å². The molecule has 0 N–H and O–H groups in total. The van der Waals surface area contributed by atoms with E-state index in [1.807, 2.05) is 59.5 Å². The molecule has 3 aliphatic rings. The van der Waals surface area contributed by atoms with E-state index >= 15 is 0 Å². The number of anilines is 1. The number of fused-ring (bicyclic) bond motifs is 2. The molecule has 3 aliphatic heterocycles. The van der Waals surface area contributed by atoms with Gasteiger partial charge in [-0.3, -0.25) is 4.79 Å². The molecule has 9 heteroatoms. The summed E-state index contributed by atoms with van der Waals surface area (Å²) in [5.41, 5.74) is 1.69. The van der Waals surface area contributed by atoms with Gasteiger partial charge in [-0.2, -0.15) is 0 Å². The van der Waals surface area contributed by atoms with Crippen LogP contribution in [0.5, 0.6) is 23.0 Å². The number of para-hydroxylation sites is 2. The predicted octanol–water partition coefficient (Wildman–Crippen LogP) is 2.36. The van der Waals surface area contributed by atoms with Gasteiger partial charge in [0.2, 0.25) is 12.9 Å². The van der Waals surface area contributed by atoms with Gasteiger partial charge in [-0.15, -0.1) is 10.2 Å². The van der Waals surface area contributed by atoms with Crippen molar-refractivity contribution in [1.29, 1.82) is 0 Å². The van der Waals surface area contributed by atoms with Gasteiger partial charge in [-0.1, -0.05) is 12.1 Å². The number of benzene rings is 2. The van der Waals surface area contributed by atoms with Crippen molar-refractivity contribution in [3.05, 3.63) is 54.6 Å². The molecule has 1 unspecified atom stereocenters. The zero-order valence-electron chi connectivity index (χ0n) is 17.8. The number of ether oxygens (including phenoxy) is 4. The Bertz CT molecular complexity index is 1180. The molecule has 1 fully saturated rings. The summed E-state index contributed by atoms with van der Waals surface area (Å²) >= 11 is 0. The van der Waals surface area contributed by atoms with Crippen molar-refractivity contribution in [2.24, 2.45) is 0 Å².